The Morgan fingerprint density at radius 1 is 1.07 bits per heavy atom. The Kier molecular flexibility index (Phi) is 0.895. The number of amides is 1. The third kappa shape index (κ3) is 9.45. The highest BCUT2D eigenvalue weighted by molar-refractivity contribution is 7.80. The lowest BCUT2D eigenvalue weighted by Gasteiger charge is -2.14. The Balaban J connectivity index is 0. The van der Waals surface area contributed by atoms with Crippen LogP contribution in [0.25, 0.3) is 0 Å². The summed E-state index contributed by atoms with van der Waals surface area (Å²) in [5.41, 5.74) is 3.07. The Hall–Kier alpha value is -0.640. The fourth-order valence-corrected chi connectivity index (χ4v) is 0. The molecule has 4 heteroatoms. The molecule has 0 aromatic heterocycles. The van der Waals surface area contributed by atoms with Gasteiger partial charge < -0.3 is 11.5 Å². The minimum absolute atomic E-state index is 1.05. The maximum absolute atomic E-state index is 11.1. The second kappa shape index (κ2) is 5.29. The van der Waals surface area contributed by atoms with Gasteiger partial charge in [0.1, 0.15) is 0 Å². The zero-order chi connectivity index (χ0) is 27.2. The van der Waals surface area contributed by atoms with Crippen LogP contribution in [0.5, 0.6) is 0 Å². The van der Waals surface area contributed by atoms with Gasteiger partial charge in [-0.3, -0.25) is 4.79 Å². The Labute approximate surface area is 118 Å². The zero-order valence-corrected chi connectivity index (χ0v) is 7.79. The van der Waals surface area contributed by atoms with Gasteiger partial charge in [0.15, 0.2) is 0 Å². The summed E-state index contributed by atoms with van der Waals surface area (Å²) < 4.78 is 127. The van der Waals surface area contributed by atoms with E-state index in [4.69, 9.17) is 36.1 Å². The van der Waals surface area contributed by atoms with Crippen molar-refractivity contribution in [2.24, 2.45) is 22.3 Å². The van der Waals surface area contributed by atoms with Gasteiger partial charge in [0.25, 0.3) is 0 Å². The molecule has 0 unspecified atom stereocenters. The van der Waals surface area contributed by atoms with E-state index in [0.717, 1.165) is 0 Å². The van der Waals surface area contributed by atoms with Crippen molar-refractivity contribution in [2.75, 3.05) is 0 Å². The topological polar surface area (TPSA) is 69.1 Å². The molecule has 0 aliphatic rings. The number of carbonyl (C=O) groups is 1. The molecule has 3 nitrogen and oxygen atoms in total. The van der Waals surface area contributed by atoms with E-state index in [-0.39, 0.29) is 0 Å². The molecule has 14 heavy (non-hydrogen) atoms. The molecule has 0 heterocycles. The molecule has 0 aliphatic heterocycles. The first-order chi connectivity index (χ1) is 13.4. The van der Waals surface area contributed by atoms with Crippen LogP contribution in [0, 0.1) is 10.8 Å². The third-order valence-electron chi connectivity index (χ3n) is 0.739. The van der Waals surface area contributed by atoms with Gasteiger partial charge in [0.2, 0.25) is 5.91 Å². The van der Waals surface area contributed by atoms with Crippen molar-refractivity contribution in [1.82, 2.24) is 0 Å². The molecule has 0 aromatic carbocycles. The molecule has 4 N–H and O–H groups in total. The lowest BCUT2D eigenvalue weighted by atomic mass is 9.96. The van der Waals surface area contributed by atoms with Gasteiger partial charge in [0, 0.05) is 35.5 Å². The minimum Gasteiger partial charge on any atom is -0.393 e. The normalized spacial score (nSPS) is 35.7. The largest absolute Gasteiger partial charge is 0.393 e. The molecule has 0 fully saturated rings. The van der Waals surface area contributed by atoms with Crippen molar-refractivity contribution in [3.63, 3.8) is 0 Å². The molecule has 0 aromatic rings. The molecular formula is C10H22N2OS. The summed E-state index contributed by atoms with van der Waals surface area (Å²) in [6.45, 7) is -20.7. The summed E-state index contributed by atoms with van der Waals surface area (Å²) in [4.78, 5) is 10.1. The second-order valence-electron chi connectivity index (χ2n) is 2.23. The fourth-order valence-electron chi connectivity index (χ4n) is 0. The van der Waals surface area contributed by atoms with Gasteiger partial charge in [-0.25, -0.2) is 0 Å². The summed E-state index contributed by atoms with van der Waals surface area (Å²) in [7, 11) is 0. The first-order valence-corrected chi connectivity index (χ1v) is 3.39. The van der Waals surface area contributed by atoms with Crippen molar-refractivity contribution in [3.8, 4) is 0 Å². The van der Waals surface area contributed by atoms with Gasteiger partial charge in [-0.2, -0.15) is 0 Å². The predicted octanol–water partition coefficient (Wildman–Crippen LogP) is 1.84. The molecule has 0 saturated carbocycles. The zero-order valence-electron chi connectivity index (χ0n) is 25.0. The number of hydrogen-bond acceptors (Lipinski definition) is 2. The van der Waals surface area contributed by atoms with E-state index >= 15 is 0 Å². The number of thiocarbonyl (C=S) groups is 1. The van der Waals surface area contributed by atoms with Crippen LogP contribution in [0.1, 0.15) is 65.8 Å². The summed E-state index contributed by atoms with van der Waals surface area (Å²) in [5.74, 6) is -1.88. The summed E-state index contributed by atoms with van der Waals surface area (Å²) in [5, 5.41) is 0. The van der Waals surface area contributed by atoms with Crippen molar-refractivity contribution in [1.29, 1.82) is 0 Å². The number of nitrogens with two attached hydrogens (primary N) is 2. The van der Waals surface area contributed by atoms with Crippen molar-refractivity contribution >= 4 is 23.1 Å². The van der Waals surface area contributed by atoms with Crippen LogP contribution in [-0.2, 0) is 4.79 Å². The van der Waals surface area contributed by atoms with Crippen LogP contribution in [0.2, 0.25) is 0 Å². The Morgan fingerprint density at radius 2 is 1.43 bits per heavy atom. The molecule has 0 bridgehead atoms. The van der Waals surface area contributed by atoms with Crippen LogP contribution in [0.15, 0.2) is 0 Å². The second-order valence-corrected chi connectivity index (χ2v) is 2.67. The van der Waals surface area contributed by atoms with E-state index in [1.165, 1.54) is 0 Å². The maximum atomic E-state index is 11.1. The first-order valence-electron chi connectivity index (χ1n) is 12.0. The molecule has 84 valence electrons. The molecule has 0 aliphatic carbocycles. The highest BCUT2D eigenvalue weighted by Gasteiger charge is 2.16. The van der Waals surface area contributed by atoms with Gasteiger partial charge in [-0.15, -0.1) is 0 Å². The van der Waals surface area contributed by atoms with Gasteiger partial charge in [0.05, 0.1) is 4.99 Å². The lowest BCUT2D eigenvalue weighted by molar-refractivity contribution is -0.125. The summed E-state index contributed by atoms with van der Waals surface area (Å²) in [6.07, 6.45) is 0. The van der Waals surface area contributed by atoms with Crippen LogP contribution in [0.4, 0.5) is 0 Å². The maximum Gasteiger partial charge on any atom is 0.222 e. The predicted molar refractivity (Wildman–Crippen MR) is 64.9 cm³/mol. The van der Waals surface area contributed by atoms with E-state index < -0.39 is 62.8 Å². The van der Waals surface area contributed by atoms with E-state index in [1.54, 1.807) is 0 Å². The Morgan fingerprint density at radius 3 is 1.43 bits per heavy atom. The highest BCUT2D eigenvalue weighted by atomic mass is 32.1. The van der Waals surface area contributed by atoms with Gasteiger partial charge in [-0.05, 0) is 0 Å². The first kappa shape index (κ1) is 2.37. The van der Waals surface area contributed by atoms with Crippen molar-refractivity contribution < 1.29 is 29.5 Å². The van der Waals surface area contributed by atoms with Crippen LogP contribution in [0.3, 0.4) is 0 Å². The molecule has 0 saturated heterocycles. The standard InChI is InChI=1S/C5H11NO.C5H11NS/c2*1-5(2,3)4(6)7/h2*1-3H3,(H2,6,7)/i2*1D3,2D3,3D3. The van der Waals surface area contributed by atoms with Crippen LogP contribution < -0.4 is 11.5 Å². The Bertz CT molecular complexity index is 557. The smallest absolute Gasteiger partial charge is 0.222 e. The van der Waals surface area contributed by atoms with E-state index in [0.29, 0.717) is 0 Å². The average Bonchev–Trinajstić information content (AvgIpc) is 2.25. The number of carbonyl (C=O) groups excluding carboxylic acids is 1. The monoisotopic (exact) mass is 236 g/mol. The average molecular weight is 236 g/mol. The van der Waals surface area contributed by atoms with Gasteiger partial charge in [-0.1, -0.05) is 53.3 Å². The molecule has 0 spiro atoms. The van der Waals surface area contributed by atoms with Crippen molar-refractivity contribution in [3.05, 3.63) is 0 Å². The quantitative estimate of drug-likeness (QED) is 0.631. The minimum atomic E-state index is -3.55. The van der Waals surface area contributed by atoms with Gasteiger partial charge >= 0.3 is 0 Å². The van der Waals surface area contributed by atoms with E-state index in [2.05, 4.69) is 12.2 Å². The van der Waals surface area contributed by atoms with E-state index in [9.17, 15) is 4.79 Å². The molecule has 1 amide bonds. The van der Waals surface area contributed by atoms with E-state index in [1.807, 2.05) is 0 Å². The molecule has 0 atom stereocenters. The molecule has 0 radical (unpaired) electrons. The fraction of sp³-hybridized carbons (Fsp3) is 0.800. The van der Waals surface area contributed by atoms with Crippen LogP contribution >= 0.6 is 12.2 Å². The van der Waals surface area contributed by atoms with Crippen molar-refractivity contribution in [2.45, 2.75) is 41.1 Å². The number of rotatable bonds is 0. The lowest BCUT2D eigenvalue weighted by Crippen LogP contribution is -2.27. The summed E-state index contributed by atoms with van der Waals surface area (Å²) >= 11 is 4.37. The molecular weight excluding hydrogens is 196 g/mol. The number of primary amides is 1. The molecule has 0 rings (SSSR count). The number of hydrogen-bond donors (Lipinski definition) is 2. The summed E-state index contributed by atoms with van der Waals surface area (Å²) in [6, 6.07) is 0. The van der Waals surface area contributed by atoms with Crippen LogP contribution in [-0.4, -0.2) is 10.9 Å². The third-order valence-corrected chi connectivity index (χ3v) is 1.05. The SMILES string of the molecule is [2H]C([2H])([2H])C(C(N)=O)(C([2H])([2H])[2H])C([2H])([2H])[2H].[2H]C([2H])([2H])C(C(N)=S)(C([2H])([2H])[2H])C([2H])([2H])[2H]. The highest BCUT2D eigenvalue weighted by Crippen LogP contribution is 2.11.